The van der Waals surface area contributed by atoms with E-state index in [0.29, 0.717) is 11.8 Å². The molecule has 0 N–H and O–H groups in total. The van der Waals surface area contributed by atoms with Crippen LogP contribution in [0.25, 0.3) is 0 Å². The molecule has 7 heteroatoms. The molecule has 0 aromatic heterocycles. The van der Waals surface area contributed by atoms with E-state index in [1.807, 2.05) is 41.3 Å². The molecule has 5 nitrogen and oxygen atoms in total. The lowest BCUT2D eigenvalue weighted by atomic mass is 9.43. The monoisotopic (exact) mass is 533 g/mol. The summed E-state index contributed by atoms with van der Waals surface area (Å²) in [4.78, 5) is 16.0. The summed E-state index contributed by atoms with van der Waals surface area (Å²) in [5.74, 6) is 1.14. The highest BCUT2D eigenvalue weighted by Crippen LogP contribution is 2.65. The minimum Gasteiger partial charge on any atom is -0.452 e. The van der Waals surface area contributed by atoms with Gasteiger partial charge in [0.25, 0.3) is 0 Å². The Bertz CT molecular complexity index is 1090. The predicted octanol–water partition coefficient (Wildman–Crippen LogP) is 7.46. The van der Waals surface area contributed by atoms with Gasteiger partial charge in [-0.1, -0.05) is 94.2 Å². The maximum absolute atomic E-state index is 14.2. The summed E-state index contributed by atoms with van der Waals surface area (Å²) < 4.78 is 20.0. The van der Waals surface area contributed by atoms with E-state index in [9.17, 15) is 4.79 Å². The molecule has 6 rings (SSSR count). The first-order chi connectivity index (χ1) is 17.8. The van der Waals surface area contributed by atoms with Crippen LogP contribution < -0.4 is 0 Å². The number of nitrogens with zero attached hydrogens (tertiary/aromatic N) is 1. The molecule has 1 aliphatic heterocycles. The number of benzene rings is 2. The number of rotatable bonds is 7. The minimum atomic E-state index is -2.05. The van der Waals surface area contributed by atoms with Crippen molar-refractivity contribution in [3.63, 3.8) is 0 Å². The van der Waals surface area contributed by atoms with E-state index in [1.165, 1.54) is 6.42 Å². The molecule has 1 amide bonds. The Kier molecular flexibility index (Phi) is 7.11. The Labute approximate surface area is 230 Å². The molecule has 38 heavy (non-hydrogen) atoms. The minimum absolute atomic E-state index is 0.0596. The first kappa shape index (κ1) is 27.5. The first-order valence-electron chi connectivity index (χ1n) is 14.3. The van der Waals surface area contributed by atoms with Crippen molar-refractivity contribution in [3.8, 4) is 0 Å². The topological polar surface area (TPSA) is 48.0 Å². The van der Waals surface area contributed by atoms with Crippen LogP contribution in [0.1, 0.15) is 70.7 Å². The zero-order chi connectivity index (χ0) is 27.5. The molecule has 1 saturated heterocycles. The van der Waals surface area contributed by atoms with Gasteiger partial charge < -0.3 is 14.0 Å². The second-order valence-corrected chi connectivity index (χ2v) is 18.9. The molecule has 2 bridgehead atoms. The predicted molar refractivity (Wildman–Crippen MR) is 155 cm³/mol. The second kappa shape index (κ2) is 9.83. The summed E-state index contributed by atoms with van der Waals surface area (Å²) in [7, 11) is -2.58. The fraction of sp³-hybridized carbons (Fsp3) is 0.581. The van der Waals surface area contributed by atoms with Crippen molar-refractivity contribution in [1.82, 2.24) is 4.90 Å². The van der Waals surface area contributed by atoms with Gasteiger partial charge >= 0.3 is 13.2 Å². The Morgan fingerprint density at radius 3 is 1.95 bits per heavy atom. The van der Waals surface area contributed by atoms with Crippen molar-refractivity contribution in [2.45, 2.75) is 96.5 Å². The van der Waals surface area contributed by atoms with Gasteiger partial charge in [0.15, 0.2) is 0 Å². The van der Waals surface area contributed by atoms with Gasteiger partial charge in [0.2, 0.25) is 0 Å². The summed E-state index contributed by atoms with van der Waals surface area (Å²) in [5, 5.41) is 0. The zero-order valence-corrected chi connectivity index (χ0v) is 25.3. The molecule has 4 fully saturated rings. The fourth-order valence-corrected chi connectivity index (χ4v) is 8.69. The van der Waals surface area contributed by atoms with Gasteiger partial charge in [-0.25, -0.2) is 4.79 Å². The number of carbonyl (C=O) groups excluding carboxylic acids is 1. The molecule has 3 saturated carbocycles. The van der Waals surface area contributed by atoms with Crippen LogP contribution in [0.2, 0.25) is 19.6 Å². The maximum atomic E-state index is 14.2. The van der Waals surface area contributed by atoms with Crippen LogP contribution in [0.15, 0.2) is 60.7 Å². The highest BCUT2D eigenvalue weighted by Gasteiger charge is 2.69. The third-order valence-electron chi connectivity index (χ3n) is 9.91. The molecule has 2 aromatic carbocycles. The van der Waals surface area contributed by atoms with Gasteiger partial charge in [-0.05, 0) is 62.0 Å². The van der Waals surface area contributed by atoms with E-state index in [4.69, 9.17) is 14.0 Å². The SMILES string of the molecule is C[C@H](c1ccccc1)N(C(=O)O[C@@H](B1O[C@@H]2C[C@@H]3C[C@@H](C3(C)C)[C@]2(C)O1)[Si](C)(C)C)[C@H](C)c1ccccc1. The fourth-order valence-electron chi connectivity index (χ4n) is 7.27. The van der Waals surface area contributed by atoms with Gasteiger partial charge in [0.1, 0.15) is 5.63 Å². The van der Waals surface area contributed by atoms with Crippen LogP contribution in [-0.4, -0.2) is 43.5 Å². The smallest absolute Gasteiger partial charge is 0.452 e. The third-order valence-corrected chi connectivity index (χ3v) is 12.0. The van der Waals surface area contributed by atoms with E-state index < -0.39 is 20.8 Å². The number of carbonyl (C=O) groups is 1. The number of hydrogen-bond donors (Lipinski definition) is 0. The lowest BCUT2D eigenvalue weighted by Gasteiger charge is -2.64. The molecule has 0 spiro atoms. The standard InChI is InChI=1S/C31H44BNO4Si/c1-21(23-15-11-9-12-16-23)33(22(2)24-17-13-10-14-18-24)29(34)35-28(38(6,7)8)32-36-27-20-25-19-26(30(25,3)4)31(27,5)37-32/h9-18,21-22,25-28H,19-20H2,1-8H3/t21-,22-,25+,26+,27-,28-,31+/m1/s1. The van der Waals surface area contributed by atoms with E-state index in [0.717, 1.165) is 17.5 Å². The Morgan fingerprint density at radius 2 is 1.47 bits per heavy atom. The van der Waals surface area contributed by atoms with Crippen molar-refractivity contribution in [3.05, 3.63) is 71.8 Å². The van der Waals surface area contributed by atoms with Gasteiger partial charge in [-0.15, -0.1) is 0 Å². The molecule has 204 valence electrons. The third kappa shape index (κ3) is 4.65. The van der Waals surface area contributed by atoms with Crippen molar-refractivity contribution >= 4 is 21.3 Å². The van der Waals surface area contributed by atoms with Gasteiger partial charge in [-0.2, -0.15) is 0 Å². The quantitative estimate of drug-likeness (QED) is 0.347. The van der Waals surface area contributed by atoms with Crippen molar-refractivity contribution in [1.29, 1.82) is 0 Å². The summed E-state index contributed by atoms with van der Waals surface area (Å²) in [6.45, 7) is 17.8. The van der Waals surface area contributed by atoms with Gasteiger partial charge in [-0.3, -0.25) is 4.90 Å². The summed E-state index contributed by atoms with van der Waals surface area (Å²) in [6, 6.07) is 20.0. The highest BCUT2D eigenvalue weighted by molar-refractivity contribution is 6.86. The Hall–Kier alpha value is -2.09. The number of amides is 1. The van der Waals surface area contributed by atoms with Crippen LogP contribution in [0.3, 0.4) is 0 Å². The Balaban J connectivity index is 1.42. The molecule has 0 unspecified atom stereocenters. The number of ether oxygens (including phenoxy) is 1. The maximum Gasteiger partial charge on any atom is 0.497 e. The highest BCUT2D eigenvalue weighted by atomic mass is 28.3. The molecule has 4 aliphatic rings. The van der Waals surface area contributed by atoms with Crippen LogP contribution in [0, 0.1) is 17.3 Å². The van der Waals surface area contributed by atoms with E-state index in [1.54, 1.807) is 0 Å². The Morgan fingerprint density at radius 1 is 0.947 bits per heavy atom. The molecule has 2 aromatic rings. The summed E-state index contributed by atoms with van der Waals surface area (Å²) in [5.41, 5.74) is 1.67. The average molecular weight is 534 g/mol. The van der Waals surface area contributed by atoms with E-state index in [2.05, 4.69) is 78.5 Å². The van der Waals surface area contributed by atoms with Gasteiger partial charge in [0.05, 0.1) is 31.9 Å². The lowest BCUT2D eigenvalue weighted by molar-refractivity contribution is -0.199. The number of hydrogen-bond acceptors (Lipinski definition) is 4. The van der Waals surface area contributed by atoms with Crippen LogP contribution in [0.4, 0.5) is 4.79 Å². The van der Waals surface area contributed by atoms with Crippen LogP contribution in [-0.2, 0) is 14.0 Å². The van der Waals surface area contributed by atoms with Crippen molar-refractivity contribution < 1.29 is 18.8 Å². The van der Waals surface area contributed by atoms with E-state index in [-0.39, 0.29) is 35.3 Å². The van der Waals surface area contributed by atoms with Crippen LogP contribution in [0.5, 0.6) is 0 Å². The van der Waals surface area contributed by atoms with Gasteiger partial charge in [0, 0.05) is 0 Å². The van der Waals surface area contributed by atoms with Crippen LogP contribution >= 0.6 is 0 Å². The molecule has 1 heterocycles. The molecule has 7 atom stereocenters. The molecular weight excluding hydrogens is 489 g/mol. The summed E-state index contributed by atoms with van der Waals surface area (Å²) >= 11 is 0. The lowest BCUT2D eigenvalue weighted by Crippen LogP contribution is -2.65. The van der Waals surface area contributed by atoms with E-state index >= 15 is 0 Å². The first-order valence-corrected chi connectivity index (χ1v) is 17.8. The molecule has 0 radical (unpaired) electrons. The van der Waals surface area contributed by atoms with Crippen molar-refractivity contribution in [2.75, 3.05) is 0 Å². The average Bonchev–Trinajstić information content (AvgIpc) is 3.24. The largest absolute Gasteiger partial charge is 0.497 e. The molecular formula is C31H44BNO4Si. The zero-order valence-electron chi connectivity index (χ0n) is 24.3. The second-order valence-electron chi connectivity index (χ2n) is 13.6. The summed E-state index contributed by atoms with van der Waals surface area (Å²) in [6.07, 6.45) is 1.96. The molecule has 3 aliphatic carbocycles. The van der Waals surface area contributed by atoms with Crippen molar-refractivity contribution in [2.24, 2.45) is 17.3 Å². The normalized spacial score (nSPS) is 30.0.